The van der Waals surface area contributed by atoms with Gasteiger partial charge in [-0.1, -0.05) is 6.42 Å². The van der Waals surface area contributed by atoms with E-state index < -0.39 is 5.97 Å². The summed E-state index contributed by atoms with van der Waals surface area (Å²) in [7, 11) is 0.657. The first-order valence-corrected chi connectivity index (χ1v) is 6.50. The predicted molar refractivity (Wildman–Crippen MR) is 58.2 cm³/mol. The Morgan fingerprint density at radius 3 is 2.57 bits per heavy atom. The van der Waals surface area contributed by atoms with E-state index in [1.807, 2.05) is 6.66 Å². The van der Waals surface area contributed by atoms with Crippen LogP contribution in [0.15, 0.2) is 0 Å². The molecule has 0 rings (SSSR count). The van der Waals surface area contributed by atoms with Crippen LogP contribution in [0.2, 0.25) is 0 Å². The highest BCUT2D eigenvalue weighted by Gasteiger charge is 1.98. The zero-order valence-corrected chi connectivity index (χ0v) is 9.51. The molecule has 5 heteroatoms. The van der Waals surface area contributed by atoms with Crippen molar-refractivity contribution in [3.8, 4) is 0 Å². The van der Waals surface area contributed by atoms with Crippen molar-refractivity contribution in [2.45, 2.75) is 25.7 Å². The quantitative estimate of drug-likeness (QED) is 0.473. The van der Waals surface area contributed by atoms with Crippen molar-refractivity contribution in [3.05, 3.63) is 0 Å². The minimum absolute atomic E-state index is 0.101. The Morgan fingerprint density at radius 2 is 2.00 bits per heavy atom. The molecule has 0 bridgehead atoms. The lowest BCUT2D eigenvalue weighted by Crippen LogP contribution is -2.25. The number of nitrogens with one attached hydrogen (secondary N) is 1. The maximum Gasteiger partial charge on any atom is 0.303 e. The van der Waals surface area contributed by atoms with Crippen molar-refractivity contribution in [2.75, 3.05) is 19.4 Å². The Labute approximate surface area is 86.2 Å². The van der Waals surface area contributed by atoms with E-state index in [-0.39, 0.29) is 12.3 Å². The third kappa shape index (κ3) is 9.46. The van der Waals surface area contributed by atoms with Gasteiger partial charge in [0, 0.05) is 19.1 Å². The molecule has 0 radical (unpaired) electrons. The summed E-state index contributed by atoms with van der Waals surface area (Å²) in [5, 5.41) is 11.2. The summed E-state index contributed by atoms with van der Waals surface area (Å²) in [5.41, 5.74) is 0. The highest BCUT2D eigenvalue weighted by molar-refractivity contribution is 7.38. The van der Waals surface area contributed by atoms with E-state index in [0.29, 0.717) is 27.7 Å². The number of carbonyl (C=O) groups excluding carboxylic acids is 1. The van der Waals surface area contributed by atoms with Crippen LogP contribution >= 0.6 is 8.58 Å². The van der Waals surface area contributed by atoms with Crippen LogP contribution in [0.3, 0.4) is 0 Å². The zero-order valence-electron chi connectivity index (χ0n) is 8.51. The van der Waals surface area contributed by atoms with Crippen molar-refractivity contribution < 1.29 is 14.7 Å². The number of carboxylic acid groups (broad SMARTS) is 1. The molecule has 1 unspecified atom stereocenters. The summed E-state index contributed by atoms with van der Waals surface area (Å²) >= 11 is 0. The number of aliphatic carboxylic acids is 1. The van der Waals surface area contributed by atoms with E-state index in [1.165, 1.54) is 0 Å². The molecule has 0 aliphatic rings. The van der Waals surface area contributed by atoms with Gasteiger partial charge in [-0.25, -0.2) is 0 Å². The molecule has 0 spiro atoms. The van der Waals surface area contributed by atoms with E-state index >= 15 is 0 Å². The van der Waals surface area contributed by atoms with Gasteiger partial charge < -0.3 is 10.4 Å². The second kappa shape index (κ2) is 8.95. The smallest absolute Gasteiger partial charge is 0.303 e. The fourth-order valence-electron chi connectivity index (χ4n) is 1.03. The minimum atomic E-state index is -0.749. The maximum atomic E-state index is 11.0. The summed E-state index contributed by atoms with van der Waals surface area (Å²) in [6, 6.07) is 0. The van der Waals surface area contributed by atoms with Crippen LogP contribution in [0.5, 0.6) is 0 Å². The van der Waals surface area contributed by atoms with E-state index in [4.69, 9.17) is 5.11 Å². The van der Waals surface area contributed by atoms with Gasteiger partial charge in [0.2, 0.25) is 5.91 Å². The van der Waals surface area contributed by atoms with E-state index in [2.05, 4.69) is 5.32 Å². The van der Waals surface area contributed by atoms with E-state index in [1.54, 1.807) is 0 Å². The molecular formula is C9H18NO3P. The van der Waals surface area contributed by atoms with Crippen LogP contribution < -0.4 is 5.32 Å². The van der Waals surface area contributed by atoms with Crippen molar-refractivity contribution in [1.29, 1.82) is 0 Å². The van der Waals surface area contributed by atoms with Crippen LogP contribution in [0.25, 0.3) is 0 Å². The van der Waals surface area contributed by atoms with E-state index in [0.717, 1.165) is 12.8 Å². The summed E-state index contributed by atoms with van der Waals surface area (Å²) in [6.07, 6.45) is 3.26. The molecule has 82 valence electrons. The number of carbonyl (C=O) groups is 2. The largest absolute Gasteiger partial charge is 0.481 e. The fourth-order valence-corrected chi connectivity index (χ4v) is 1.47. The first kappa shape index (κ1) is 13.4. The third-order valence-electron chi connectivity index (χ3n) is 1.73. The topological polar surface area (TPSA) is 66.4 Å². The third-order valence-corrected chi connectivity index (χ3v) is 2.40. The molecule has 2 N–H and O–H groups in total. The monoisotopic (exact) mass is 219 g/mol. The van der Waals surface area contributed by atoms with Crippen LogP contribution in [-0.2, 0) is 9.59 Å². The lowest BCUT2D eigenvalue weighted by Gasteiger charge is -2.03. The fraction of sp³-hybridized carbons (Fsp3) is 0.778. The Bertz CT molecular complexity index is 185. The maximum absolute atomic E-state index is 11.0. The Kier molecular flexibility index (Phi) is 8.54. The van der Waals surface area contributed by atoms with Crippen LogP contribution in [0.1, 0.15) is 25.7 Å². The van der Waals surface area contributed by atoms with Gasteiger partial charge in [-0.3, -0.25) is 9.59 Å². The molecule has 1 amide bonds. The molecule has 0 saturated heterocycles. The van der Waals surface area contributed by atoms with Crippen LogP contribution in [0, 0.1) is 0 Å². The lowest BCUT2D eigenvalue weighted by atomic mass is 10.2. The lowest BCUT2D eigenvalue weighted by molar-refractivity contribution is -0.137. The molecule has 0 aliphatic heterocycles. The SMILES string of the molecule is CPCC(=O)NCCCCCC(=O)O. The van der Waals surface area contributed by atoms with Gasteiger partial charge >= 0.3 is 5.97 Å². The number of rotatable bonds is 8. The zero-order chi connectivity index (χ0) is 10.8. The van der Waals surface area contributed by atoms with Crippen molar-refractivity contribution >= 4 is 20.5 Å². The summed E-state index contributed by atoms with van der Waals surface area (Å²) in [5.74, 6) is -0.648. The second-order valence-electron chi connectivity index (χ2n) is 3.08. The van der Waals surface area contributed by atoms with Crippen molar-refractivity contribution in [2.24, 2.45) is 0 Å². The minimum Gasteiger partial charge on any atom is -0.481 e. The van der Waals surface area contributed by atoms with Gasteiger partial charge in [-0.15, -0.1) is 8.58 Å². The standard InChI is InChI=1S/C9H18NO3P/c1-14-7-8(11)10-6-4-2-3-5-9(12)13/h14H,2-7H2,1H3,(H,10,11)(H,12,13). The number of unbranched alkanes of at least 4 members (excludes halogenated alkanes) is 2. The molecule has 0 saturated carbocycles. The summed E-state index contributed by atoms with van der Waals surface area (Å²) in [4.78, 5) is 21.1. The first-order valence-electron chi connectivity index (χ1n) is 4.80. The number of amides is 1. The first-order chi connectivity index (χ1) is 6.66. The molecule has 0 fully saturated rings. The van der Waals surface area contributed by atoms with Gasteiger partial charge in [0.25, 0.3) is 0 Å². The molecule has 0 aromatic carbocycles. The Balaban J connectivity index is 3.13. The van der Waals surface area contributed by atoms with Gasteiger partial charge in [0.15, 0.2) is 0 Å². The van der Waals surface area contributed by atoms with Gasteiger partial charge in [0.1, 0.15) is 0 Å². The summed E-state index contributed by atoms with van der Waals surface area (Å²) < 4.78 is 0. The normalized spacial score (nSPS) is 10.6. The van der Waals surface area contributed by atoms with Crippen LogP contribution in [-0.4, -0.2) is 36.4 Å². The Hall–Kier alpha value is -0.630. The molecule has 0 aliphatic carbocycles. The molecule has 4 nitrogen and oxygen atoms in total. The molecule has 1 atom stereocenters. The number of hydrogen-bond donors (Lipinski definition) is 2. The number of hydrogen-bond acceptors (Lipinski definition) is 2. The van der Waals surface area contributed by atoms with Gasteiger partial charge in [-0.05, 0) is 19.5 Å². The second-order valence-corrected chi connectivity index (χ2v) is 4.15. The van der Waals surface area contributed by atoms with Crippen molar-refractivity contribution in [1.82, 2.24) is 5.32 Å². The number of carboxylic acids is 1. The Morgan fingerprint density at radius 1 is 1.29 bits per heavy atom. The molecule has 14 heavy (non-hydrogen) atoms. The molecule has 0 aromatic rings. The van der Waals surface area contributed by atoms with E-state index in [9.17, 15) is 9.59 Å². The van der Waals surface area contributed by atoms with Crippen LogP contribution in [0.4, 0.5) is 0 Å². The molecule has 0 heterocycles. The highest BCUT2D eigenvalue weighted by atomic mass is 31.1. The predicted octanol–water partition coefficient (Wildman–Crippen LogP) is 1.06. The van der Waals surface area contributed by atoms with Gasteiger partial charge in [0.05, 0.1) is 0 Å². The average molecular weight is 219 g/mol. The molecule has 0 aromatic heterocycles. The van der Waals surface area contributed by atoms with Gasteiger partial charge in [-0.2, -0.15) is 0 Å². The average Bonchev–Trinajstić information content (AvgIpc) is 2.11. The summed E-state index contributed by atoms with van der Waals surface area (Å²) in [6.45, 7) is 2.66. The van der Waals surface area contributed by atoms with Crippen molar-refractivity contribution in [3.63, 3.8) is 0 Å². The highest BCUT2D eigenvalue weighted by Crippen LogP contribution is 2.00. The molecular weight excluding hydrogens is 201 g/mol.